The van der Waals surface area contributed by atoms with Gasteiger partial charge in [-0.15, -0.1) is 0 Å². The van der Waals surface area contributed by atoms with Gasteiger partial charge in [0.1, 0.15) is 5.75 Å². The minimum absolute atomic E-state index is 0.159. The van der Waals surface area contributed by atoms with Crippen molar-refractivity contribution in [3.8, 4) is 5.75 Å². The van der Waals surface area contributed by atoms with Crippen molar-refractivity contribution in [3.05, 3.63) is 28.8 Å². The van der Waals surface area contributed by atoms with E-state index in [2.05, 4.69) is 6.07 Å². The number of esters is 1. The van der Waals surface area contributed by atoms with Crippen molar-refractivity contribution in [1.29, 1.82) is 0 Å². The molecule has 4 nitrogen and oxygen atoms in total. The summed E-state index contributed by atoms with van der Waals surface area (Å²) in [5.74, 6) is 0.666. The first-order chi connectivity index (χ1) is 9.13. The maximum Gasteiger partial charge on any atom is 0.310 e. The lowest BCUT2D eigenvalue weighted by atomic mass is 10.0. The Labute approximate surface area is 113 Å². The summed E-state index contributed by atoms with van der Waals surface area (Å²) in [6, 6.07) is 4.16. The third kappa shape index (κ3) is 3.26. The third-order valence-corrected chi connectivity index (χ3v) is 3.26. The van der Waals surface area contributed by atoms with Crippen molar-refractivity contribution in [1.82, 2.24) is 0 Å². The maximum absolute atomic E-state index is 11.6. The lowest BCUT2D eigenvalue weighted by Gasteiger charge is -2.12. The molecule has 1 aromatic rings. The molecule has 0 saturated carbocycles. The molecule has 1 atom stereocenters. The lowest BCUT2D eigenvalue weighted by molar-refractivity contribution is -0.142. The van der Waals surface area contributed by atoms with E-state index in [0.29, 0.717) is 13.2 Å². The number of ether oxygens (including phenoxy) is 2. The second kappa shape index (κ2) is 6.06. The van der Waals surface area contributed by atoms with Gasteiger partial charge in [0.2, 0.25) is 0 Å². The first-order valence-corrected chi connectivity index (χ1v) is 6.82. The van der Waals surface area contributed by atoms with Gasteiger partial charge in [-0.3, -0.25) is 4.79 Å². The molecule has 4 heteroatoms. The van der Waals surface area contributed by atoms with E-state index in [1.165, 1.54) is 11.1 Å². The van der Waals surface area contributed by atoms with E-state index in [4.69, 9.17) is 15.2 Å². The Morgan fingerprint density at radius 2 is 2.11 bits per heavy atom. The molecule has 1 aliphatic carbocycles. The number of carbonyl (C=O) groups excluding carboxylic acids is 1. The average Bonchev–Trinajstić information content (AvgIpc) is 2.70. The minimum Gasteiger partial charge on any atom is -0.494 e. The largest absolute Gasteiger partial charge is 0.494 e. The summed E-state index contributed by atoms with van der Waals surface area (Å²) in [7, 11) is 0. The van der Waals surface area contributed by atoms with Crippen LogP contribution in [-0.4, -0.2) is 25.2 Å². The van der Waals surface area contributed by atoms with Crippen LogP contribution in [0.1, 0.15) is 30.5 Å². The van der Waals surface area contributed by atoms with Gasteiger partial charge in [0.25, 0.3) is 0 Å². The third-order valence-electron chi connectivity index (χ3n) is 3.26. The molecule has 104 valence electrons. The highest BCUT2D eigenvalue weighted by atomic mass is 16.5. The van der Waals surface area contributed by atoms with Crippen LogP contribution in [0.4, 0.5) is 0 Å². The number of hydrogen-bond donors (Lipinski definition) is 1. The van der Waals surface area contributed by atoms with Gasteiger partial charge in [0, 0.05) is 6.04 Å². The number of carbonyl (C=O) groups is 1. The predicted octanol–water partition coefficient (Wildman–Crippen LogP) is 1.62. The van der Waals surface area contributed by atoms with Crippen molar-refractivity contribution in [2.45, 2.75) is 39.2 Å². The Kier molecular flexibility index (Phi) is 4.43. The summed E-state index contributed by atoms with van der Waals surface area (Å²) in [5.41, 5.74) is 9.34. The lowest BCUT2D eigenvalue weighted by Crippen LogP contribution is -2.19. The quantitative estimate of drug-likeness (QED) is 0.820. The predicted molar refractivity (Wildman–Crippen MR) is 73.3 cm³/mol. The van der Waals surface area contributed by atoms with Crippen molar-refractivity contribution in [3.63, 3.8) is 0 Å². The summed E-state index contributed by atoms with van der Waals surface area (Å²) in [4.78, 5) is 11.6. The molecule has 2 rings (SSSR count). The number of nitrogens with two attached hydrogens (primary N) is 1. The van der Waals surface area contributed by atoms with Gasteiger partial charge in [-0.05, 0) is 49.4 Å². The number of hydrogen-bond acceptors (Lipinski definition) is 4. The zero-order valence-electron chi connectivity index (χ0n) is 11.6. The van der Waals surface area contributed by atoms with E-state index < -0.39 is 0 Å². The summed E-state index contributed by atoms with van der Waals surface area (Å²) >= 11 is 0. The molecule has 0 spiro atoms. The molecule has 1 aliphatic rings. The van der Waals surface area contributed by atoms with Crippen LogP contribution in [0.5, 0.6) is 5.75 Å². The number of rotatable bonds is 5. The molecular formula is C15H21NO3. The van der Waals surface area contributed by atoms with Crippen molar-refractivity contribution >= 4 is 5.97 Å². The van der Waals surface area contributed by atoms with Crippen molar-refractivity contribution in [2.24, 2.45) is 5.73 Å². The zero-order chi connectivity index (χ0) is 13.8. The summed E-state index contributed by atoms with van der Waals surface area (Å²) in [5, 5.41) is 0. The van der Waals surface area contributed by atoms with Crippen LogP contribution in [0.25, 0.3) is 0 Å². The fraction of sp³-hybridized carbons (Fsp3) is 0.533. The number of fused-ring (bicyclic) bond motifs is 1. The highest BCUT2D eigenvalue weighted by Gasteiger charge is 2.23. The van der Waals surface area contributed by atoms with E-state index in [-0.39, 0.29) is 18.4 Å². The average molecular weight is 263 g/mol. The second-order valence-electron chi connectivity index (χ2n) is 4.81. The van der Waals surface area contributed by atoms with E-state index in [0.717, 1.165) is 24.2 Å². The molecular weight excluding hydrogens is 242 g/mol. The van der Waals surface area contributed by atoms with Crippen molar-refractivity contribution in [2.75, 3.05) is 13.2 Å². The van der Waals surface area contributed by atoms with E-state index in [1.54, 1.807) is 0 Å². The van der Waals surface area contributed by atoms with Gasteiger partial charge in [-0.25, -0.2) is 0 Å². The highest BCUT2D eigenvalue weighted by molar-refractivity contribution is 5.73. The summed E-state index contributed by atoms with van der Waals surface area (Å²) in [6.45, 7) is 4.79. The fourth-order valence-electron chi connectivity index (χ4n) is 2.56. The van der Waals surface area contributed by atoms with Gasteiger partial charge in [-0.2, -0.15) is 0 Å². The van der Waals surface area contributed by atoms with Gasteiger partial charge in [-0.1, -0.05) is 6.07 Å². The Morgan fingerprint density at radius 3 is 2.79 bits per heavy atom. The number of benzene rings is 1. The molecule has 0 aromatic heterocycles. The van der Waals surface area contributed by atoms with Crippen molar-refractivity contribution < 1.29 is 14.3 Å². The fourth-order valence-corrected chi connectivity index (χ4v) is 2.56. The van der Waals surface area contributed by atoms with E-state index in [1.807, 2.05) is 19.9 Å². The molecule has 19 heavy (non-hydrogen) atoms. The van der Waals surface area contributed by atoms with Gasteiger partial charge < -0.3 is 15.2 Å². The van der Waals surface area contributed by atoms with Crippen LogP contribution in [0.15, 0.2) is 12.1 Å². The normalized spacial score (nSPS) is 17.1. The van der Waals surface area contributed by atoms with Crippen LogP contribution in [0, 0.1) is 0 Å². The molecule has 0 fully saturated rings. The summed E-state index contributed by atoms with van der Waals surface area (Å²) < 4.78 is 10.7. The molecule has 0 heterocycles. The molecule has 0 amide bonds. The zero-order valence-corrected chi connectivity index (χ0v) is 11.6. The second-order valence-corrected chi connectivity index (χ2v) is 4.81. The smallest absolute Gasteiger partial charge is 0.310 e. The first-order valence-electron chi connectivity index (χ1n) is 6.82. The van der Waals surface area contributed by atoms with Crippen LogP contribution >= 0.6 is 0 Å². The van der Waals surface area contributed by atoms with Crippen LogP contribution in [0.3, 0.4) is 0 Å². The monoisotopic (exact) mass is 263 g/mol. The van der Waals surface area contributed by atoms with E-state index in [9.17, 15) is 4.79 Å². The molecule has 0 radical (unpaired) electrons. The minimum atomic E-state index is -0.202. The topological polar surface area (TPSA) is 61.5 Å². The standard InChI is InChI=1S/C15H21NO3/c1-3-18-14-6-10(7-15(17)19-4-2)5-11-8-12(16)9-13(11)14/h5-6,12H,3-4,7-9,16H2,1-2H3. The highest BCUT2D eigenvalue weighted by Crippen LogP contribution is 2.32. The molecule has 0 saturated heterocycles. The molecule has 2 N–H and O–H groups in total. The Morgan fingerprint density at radius 1 is 1.32 bits per heavy atom. The van der Waals surface area contributed by atoms with Gasteiger partial charge in [0.15, 0.2) is 0 Å². The van der Waals surface area contributed by atoms with Gasteiger partial charge >= 0.3 is 5.97 Å². The maximum atomic E-state index is 11.6. The molecule has 1 unspecified atom stereocenters. The summed E-state index contributed by atoms with van der Waals surface area (Å²) in [6.07, 6.45) is 1.99. The first kappa shape index (κ1) is 13.9. The Balaban J connectivity index is 2.24. The Hall–Kier alpha value is -1.55. The van der Waals surface area contributed by atoms with Crippen LogP contribution in [-0.2, 0) is 28.8 Å². The van der Waals surface area contributed by atoms with E-state index >= 15 is 0 Å². The Bertz CT molecular complexity index is 471. The van der Waals surface area contributed by atoms with Gasteiger partial charge in [0.05, 0.1) is 19.6 Å². The SMILES string of the molecule is CCOC(=O)Cc1cc2c(c(OCC)c1)CC(N)C2. The molecule has 0 bridgehead atoms. The van der Waals surface area contributed by atoms with Crippen LogP contribution in [0.2, 0.25) is 0 Å². The molecule has 0 aliphatic heterocycles. The molecule has 1 aromatic carbocycles. The van der Waals surface area contributed by atoms with Crippen LogP contribution < -0.4 is 10.5 Å².